The molecule has 1 heterocycles. The van der Waals surface area contributed by atoms with Crippen LogP contribution < -0.4 is 0 Å². The van der Waals surface area contributed by atoms with Gasteiger partial charge in [0.15, 0.2) is 0 Å². The summed E-state index contributed by atoms with van der Waals surface area (Å²) in [5, 5.41) is 3.96. The molecule has 0 radical (unpaired) electrons. The lowest BCUT2D eigenvalue weighted by Gasteiger charge is -2.26. The van der Waals surface area contributed by atoms with Crippen molar-refractivity contribution in [3.63, 3.8) is 0 Å². The third-order valence-corrected chi connectivity index (χ3v) is 3.38. The third-order valence-electron chi connectivity index (χ3n) is 3.38. The molecular formula is C15H25N3O2. The fourth-order valence-electron chi connectivity index (χ4n) is 2.38. The van der Waals surface area contributed by atoms with E-state index in [0.717, 1.165) is 30.8 Å². The van der Waals surface area contributed by atoms with E-state index in [0.29, 0.717) is 25.0 Å². The summed E-state index contributed by atoms with van der Waals surface area (Å²) in [7, 11) is 1.95. The zero-order chi connectivity index (χ0) is 14.7. The Balaban J connectivity index is 1.85. The molecule has 112 valence electrons. The van der Waals surface area contributed by atoms with Crippen molar-refractivity contribution in [2.75, 3.05) is 20.1 Å². The molecule has 1 aromatic heterocycles. The maximum atomic E-state index is 12.4. The number of likely N-dealkylation sites (N-methyl/N-ethyl adjacent to an activating group) is 1. The van der Waals surface area contributed by atoms with E-state index in [1.54, 1.807) is 0 Å². The van der Waals surface area contributed by atoms with Crippen molar-refractivity contribution < 1.29 is 9.32 Å². The predicted octanol–water partition coefficient (Wildman–Crippen LogP) is 2.06. The van der Waals surface area contributed by atoms with Crippen molar-refractivity contribution in [1.29, 1.82) is 0 Å². The summed E-state index contributed by atoms with van der Waals surface area (Å²) in [6.45, 7) is 8.13. The second-order valence-electron chi connectivity index (χ2n) is 6.27. The second-order valence-corrected chi connectivity index (χ2v) is 6.27. The molecule has 1 aliphatic carbocycles. The first-order valence-corrected chi connectivity index (χ1v) is 7.36. The summed E-state index contributed by atoms with van der Waals surface area (Å²) >= 11 is 0. The standard InChI is InChI=1S/C15H25N3O2/c1-11(2)8-18(14-5-6-14)15(19)10-17(4)9-13-7-12(3)20-16-13/h7,11,14H,5-6,8-10H2,1-4H3. The Morgan fingerprint density at radius 1 is 1.50 bits per heavy atom. The highest BCUT2D eigenvalue weighted by atomic mass is 16.5. The number of carbonyl (C=O) groups is 1. The number of nitrogens with zero attached hydrogens (tertiary/aromatic N) is 3. The van der Waals surface area contributed by atoms with E-state index in [2.05, 4.69) is 23.9 Å². The van der Waals surface area contributed by atoms with Crippen LogP contribution in [0.3, 0.4) is 0 Å². The molecule has 0 spiro atoms. The highest BCUT2D eigenvalue weighted by molar-refractivity contribution is 5.79. The Bertz CT molecular complexity index is 452. The van der Waals surface area contributed by atoms with Gasteiger partial charge in [-0.05, 0) is 32.7 Å². The van der Waals surface area contributed by atoms with Crippen molar-refractivity contribution in [3.8, 4) is 0 Å². The molecule has 0 bridgehead atoms. The molecule has 2 rings (SSSR count). The lowest BCUT2D eigenvalue weighted by Crippen LogP contribution is -2.42. The Morgan fingerprint density at radius 3 is 2.70 bits per heavy atom. The van der Waals surface area contributed by atoms with Crippen molar-refractivity contribution in [2.45, 2.75) is 46.2 Å². The summed E-state index contributed by atoms with van der Waals surface area (Å²) in [6, 6.07) is 2.39. The maximum Gasteiger partial charge on any atom is 0.237 e. The highest BCUT2D eigenvalue weighted by Crippen LogP contribution is 2.27. The van der Waals surface area contributed by atoms with Crippen LogP contribution in [0.25, 0.3) is 0 Å². The molecule has 1 aromatic rings. The first-order valence-electron chi connectivity index (χ1n) is 7.36. The smallest absolute Gasteiger partial charge is 0.237 e. The summed E-state index contributed by atoms with van der Waals surface area (Å²) in [4.78, 5) is 16.5. The zero-order valence-electron chi connectivity index (χ0n) is 12.9. The minimum Gasteiger partial charge on any atom is -0.361 e. The molecule has 0 aromatic carbocycles. The van der Waals surface area contributed by atoms with Gasteiger partial charge in [-0.2, -0.15) is 0 Å². The van der Waals surface area contributed by atoms with E-state index in [1.165, 1.54) is 0 Å². The summed E-state index contributed by atoms with van der Waals surface area (Å²) < 4.78 is 5.05. The molecule has 5 nitrogen and oxygen atoms in total. The van der Waals surface area contributed by atoms with Gasteiger partial charge < -0.3 is 9.42 Å². The van der Waals surface area contributed by atoms with Gasteiger partial charge in [-0.15, -0.1) is 0 Å². The highest BCUT2D eigenvalue weighted by Gasteiger charge is 2.32. The topological polar surface area (TPSA) is 49.6 Å². The molecule has 0 atom stereocenters. The van der Waals surface area contributed by atoms with Crippen LogP contribution in [0, 0.1) is 12.8 Å². The van der Waals surface area contributed by atoms with Crippen LogP contribution in [0.15, 0.2) is 10.6 Å². The van der Waals surface area contributed by atoms with Crippen LogP contribution in [0.5, 0.6) is 0 Å². The molecule has 5 heteroatoms. The van der Waals surface area contributed by atoms with Crippen LogP contribution >= 0.6 is 0 Å². The van der Waals surface area contributed by atoms with Gasteiger partial charge in [0, 0.05) is 25.2 Å². The molecule has 1 amide bonds. The van der Waals surface area contributed by atoms with Gasteiger partial charge in [0.2, 0.25) is 5.91 Å². The normalized spacial score (nSPS) is 15.1. The van der Waals surface area contributed by atoms with Crippen LogP contribution in [-0.2, 0) is 11.3 Å². The zero-order valence-corrected chi connectivity index (χ0v) is 12.9. The quantitative estimate of drug-likeness (QED) is 0.766. The van der Waals surface area contributed by atoms with Crippen LogP contribution in [0.4, 0.5) is 0 Å². The fraction of sp³-hybridized carbons (Fsp3) is 0.733. The molecule has 1 aliphatic rings. The Kier molecular flexibility index (Phi) is 4.81. The largest absolute Gasteiger partial charge is 0.361 e. The molecule has 0 saturated heterocycles. The Hall–Kier alpha value is -1.36. The average Bonchev–Trinajstić information content (AvgIpc) is 3.10. The molecular weight excluding hydrogens is 254 g/mol. The van der Waals surface area contributed by atoms with E-state index >= 15 is 0 Å². The number of carbonyl (C=O) groups excluding carboxylic acids is 1. The van der Waals surface area contributed by atoms with E-state index in [9.17, 15) is 4.79 Å². The van der Waals surface area contributed by atoms with Gasteiger partial charge in [0.25, 0.3) is 0 Å². The summed E-state index contributed by atoms with van der Waals surface area (Å²) in [5.41, 5.74) is 0.875. The second kappa shape index (κ2) is 6.39. The number of hydrogen-bond donors (Lipinski definition) is 0. The molecule has 0 N–H and O–H groups in total. The van der Waals surface area contributed by atoms with Crippen molar-refractivity contribution in [1.82, 2.24) is 15.0 Å². The lowest BCUT2D eigenvalue weighted by molar-refractivity contribution is -0.133. The summed E-state index contributed by atoms with van der Waals surface area (Å²) in [6.07, 6.45) is 2.31. The monoisotopic (exact) mass is 279 g/mol. The maximum absolute atomic E-state index is 12.4. The minimum atomic E-state index is 0.226. The van der Waals surface area contributed by atoms with E-state index in [-0.39, 0.29) is 5.91 Å². The van der Waals surface area contributed by atoms with Crippen molar-refractivity contribution in [2.24, 2.45) is 5.92 Å². The first-order chi connectivity index (χ1) is 9.45. The van der Waals surface area contributed by atoms with Gasteiger partial charge in [-0.1, -0.05) is 19.0 Å². The Labute approximate surface area is 120 Å². The van der Waals surface area contributed by atoms with Crippen LogP contribution in [0.2, 0.25) is 0 Å². The molecule has 1 fully saturated rings. The number of hydrogen-bond acceptors (Lipinski definition) is 4. The Morgan fingerprint density at radius 2 is 2.20 bits per heavy atom. The van der Waals surface area contributed by atoms with E-state index < -0.39 is 0 Å². The van der Waals surface area contributed by atoms with Crippen LogP contribution in [0.1, 0.15) is 38.1 Å². The fourth-order valence-corrected chi connectivity index (χ4v) is 2.38. The summed E-state index contributed by atoms with van der Waals surface area (Å²) in [5.74, 6) is 1.55. The molecule has 0 unspecified atom stereocenters. The number of aryl methyl sites for hydroxylation is 1. The molecule has 0 aliphatic heterocycles. The van der Waals surface area contributed by atoms with E-state index in [1.807, 2.05) is 24.9 Å². The number of rotatable bonds is 7. The SMILES string of the molecule is Cc1cc(CN(C)CC(=O)N(CC(C)C)C2CC2)no1. The molecule has 20 heavy (non-hydrogen) atoms. The predicted molar refractivity (Wildman–Crippen MR) is 77.1 cm³/mol. The minimum absolute atomic E-state index is 0.226. The van der Waals surface area contributed by atoms with Crippen molar-refractivity contribution >= 4 is 5.91 Å². The van der Waals surface area contributed by atoms with Crippen LogP contribution in [-0.4, -0.2) is 47.0 Å². The lowest BCUT2D eigenvalue weighted by atomic mass is 10.2. The third kappa shape index (κ3) is 4.34. The van der Waals surface area contributed by atoms with Gasteiger partial charge in [0.05, 0.1) is 12.2 Å². The average molecular weight is 279 g/mol. The van der Waals surface area contributed by atoms with Gasteiger partial charge in [0.1, 0.15) is 5.76 Å². The number of amides is 1. The van der Waals surface area contributed by atoms with Gasteiger partial charge >= 0.3 is 0 Å². The first kappa shape index (κ1) is 15.0. The van der Waals surface area contributed by atoms with Crippen molar-refractivity contribution in [3.05, 3.63) is 17.5 Å². The van der Waals surface area contributed by atoms with Gasteiger partial charge in [-0.25, -0.2) is 0 Å². The van der Waals surface area contributed by atoms with E-state index in [4.69, 9.17) is 4.52 Å². The van der Waals surface area contributed by atoms with Gasteiger partial charge in [-0.3, -0.25) is 9.69 Å². The number of aromatic nitrogens is 1. The molecule has 1 saturated carbocycles.